The minimum absolute atomic E-state index is 0.336. The second kappa shape index (κ2) is 3.96. The van der Waals surface area contributed by atoms with Crippen molar-refractivity contribution in [3.8, 4) is 0 Å². The lowest BCUT2D eigenvalue weighted by atomic mass is 10.1. The molecule has 0 spiro atoms. The minimum atomic E-state index is 0.336. The molecule has 0 fully saturated rings. The second-order valence-electron chi connectivity index (χ2n) is 4.02. The SMILES string of the molecule is C=C1NC(N)=NC2=C1NC=C(c1ccccc1)N2. The van der Waals surface area contributed by atoms with E-state index in [1.807, 2.05) is 36.5 Å². The van der Waals surface area contributed by atoms with Gasteiger partial charge in [-0.3, -0.25) is 0 Å². The molecule has 0 saturated heterocycles. The fourth-order valence-electron chi connectivity index (χ4n) is 1.89. The highest BCUT2D eigenvalue weighted by atomic mass is 15.2. The van der Waals surface area contributed by atoms with Gasteiger partial charge in [-0.15, -0.1) is 0 Å². The number of nitrogens with one attached hydrogen (secondary N) is 3. The van der Waals surface area contributed by atoms with Gasteiger partial charge >= 0.3 is 0 Å². The van der Waals surface area contributed by atoms with Gasteiger partial charge in [0.1, 0.15) is 5.70 Å². The van der Waals surface area contributed by atoms with E-state index in [-0.39, 0.29) is 0 Å². The van der Waals surface area contributed by atoms with E-state index in [2.05, 4.69) is 27.5 Å². The van der Waals surface area contributed by atoms with E-state index >= 15 is 0 Å². The Labute approximate surface area is 105 Å². The Bertz CT molecular complexity index is 595. The highest BCUT2D eigenvalue weighted by molar-refractivity contribution is 5.84. The number of hydrogen-bond donors (Lipinski definition) is 4. The summed E-state index contributed by atoms with van der Waals surface area (Å²) in [4.78, 5) is 4.22. The van der Waals surface area contributed by atoms with Crippen LogP contribution in [0.2, 0.25) is 0 Å². The molecule has 0 saturated carbocycles. The summed E-state index contributed by atoms with van der Waals surface area (Å²) >= 11 is 0. The fraction of sp³-hybridized carbons (Fsp3) is 0. The Hall–Kier alpha value is -2.69. The molecule has 1 aromatic carbocycles. The molecule has 3 rings (SSSR count). The van der Waals surface area contributed by atoms with Crippen molar-refractivity contribution in [2.45, 2.75) is 0 Å². The topological polar surface area (TPSA) is 74.5 Å². The highest BCUT2D eigenvalue weighted by Crippen LogP contribution is 2.21. The standard InChI is InChI=1S/C13H13N5/c1-8-11-12(18-13(14)16-8)17-10(7-15-11)9-5-3-2-4-6-9/h2-7,15,17H,1H2,(H3,14,16,18). The molecular formula is C13H13N5. The first kappa shape index (κ1) is 10.5. The zero-order valence-electron chi connectivity index (χ0n) is 9.70. The van der Waals surface area contributed by atoms with E-state index in [9.17, 15) is 0 Å². The molecular weight excluding hydrogens is 226 g/mol. The maximum Gasteiger partial charge on any atom is 0.199 e. The van der Waals surface area contributed by atoms with Crippen LogP contribution in [0.3, 0.4) is 0 Å². The first-order valence-corrected chi connectivity index (χ1v) is 5.58. The van der Waals surface area contributed by atoms with Crippen LogP contribution in [0.15, 0.2) is 65.3 Å². The van der Waals surface area contributed by atoms with E-state index in [0.29, 0.717) is 17.5 Å². The van der Waals surface area contributed by atoms with Crippen LogP contribution in [0, 0.1) is 0 Å². The Morgan fingerprint density at radius 1 is 1.11 bits per heavy atom. The molecule has 5 N–H and O–H groups in total. The van der Waals surface area contributed by atoms with Crippen molar-refractivity contribution in [1.29, 1.82) is 0 Å². The lowest BCUT2D eigenvalue weighted by molar-refractivity contribution is 0.845. The Kier molecular flexibility index (Phi) is 2.30. The van der Waals surface area contributed by atoms with Crippen LogP contribution in [0.5, 0.6) is 0 Å². The Balaban J connectivity index is 1.92. The zero-order valence-corrected chi connectivity index (χ0v) is 9.70. The third-order valence-electron chi connectivity index (χ3n) is 2.75. The smallest absolute Gasteiger partial charge is 0.199 e. The maximum absolute atomic E-state index is 5.67. The molecule has 90 valence electrons. The van der Waals surface area contributed by atoms with Gasteiger partial charge in [-0.25, -0.2) is 0 Å². The van der Waals surface area contributed by atoms with Crippen molar-refractivity contribution >= 4 is 11.7 Å². The monoisotopic (exact) mass is 239 g/mol. The van der Waals surface area contributed by atoms with E-state index in [0.717, 1.165) is 17.0 Å². The number of benzene rings is 1. The van der Waals surface area contributed by atoms with E-state index in [1.165, 1.54) is 0 Å². The molecule has 0 unspecified atom stereocenters. The summed E-state index contributed by atoms with van der Waals surface area (Å²) in [5, 5.41) is 9.29. The van der Waals surface area contributed by atoms with Crippen LogP contribution in [0.4, 0.5) is 0 Å². The normalized spacial score (nSPS) is 17.9. The van der Waals surface area contributed by atoms with Gasteiger partial charge < -0.3 is 21.7 Å². The zero-order chi connectivity index (χ0) is 12.5. The van der Waals surface area contributed by atoms with Crippen molar-refractivity contribution in [1.82, 2.24) is 16.0 Å². The molecule has 0 amide bonds. The summed E-state index contributed by atoms with van der Waals surface area (Å²) < 4.78 is 0. The third kappa shape index (κ3) is 1.71. The molecule has 18 heavy (non-hydrogen) atoms. The summed E-state index contributed by atoms with van der Waals surface area (Å²) in [5.74, 6) is 1.01. The van der Waals surface area contributed by atoms with Crippen molar-refractivity contribution in [3.05, 3.63) is 65.9 Å². The first-order chi connectivity index (χ1) is 8.74. The molecule has 5 nitrogen and oxygen atoms in total. The number of nitrogens with two attached hydrogens (primary N) is 1. The van der Waals surface area contributed by atoms with Crippen LogP contribution < -0.4 is 21.7 Å². The maximum atomic E-state index is 5.67. The van der Waals surface area contributed by atoms with Crippen LogP contribution in [0.25, 0.3) is 5.70 Å². The quantitative estimate of drug-likeness (QED) is 0.584. The Morgan fingerprint density at radius 2 is 1.89 bits per heavy atom. The van der Waals surface area contributed by atoms with Gasteiger partial charge in [-0.2, -0.15) is 4.99 Å². The minimum Gasteiger partial charge on any atom is -0.369 e. The molecule has 1 aromatic rings. The van der Waals surface area contributed by atoms with Gasteiger partial charge in [0.15, 0.2) is 11.8 Å². The largest absolute Gasteiger partial charge is 0.369 e. The molecule has 2 heterocycles. The molecule has 0 aromatic heterocycles. The van der Waals surface area contributed by atoms with Gasteiger partial charge in [0.05, 0.1) is 11.4 Å². The summed E-state index contributed by atoms with van der Waals surface area (Å²) in [7, 11) is 0. The summed E-state index contributed by atoms with van der Waals surface area (Å²) in [6.45, 7) is 3.89. The van der Waals surface area contributed by atoms with Crippen LogP contribution in [-0.4, -0.2) is 5.96 Å². The summed E-state index contributed by atoms with van der Waals surface area (Å²) in [6, 6.07) is 10.00. The number of rotatable bonds is 1. The molecule has 0 bridgehead atoms. The van der Waals surface area contributed by atoms with E-state index in [1.54, 1.807) is 0 Å². The number of nitrogens with zero attached hydrogens (tertiary/aromatic N) is 1. The molecule has 0 radical (unpaired) electrons. The second-order valence-corrected chi connectivity index (χ2v) is 4.02. The number of guanidine groups is 1. The van der Waals surface area contributed by atoms with Crippen molar-refractivity contribution in [3.63, 3.8) is 0 Å². The van der Waals surface area contributed by atoms with Gasteiger partial charge in [-0.1, -0.05) is 36.9 Å². The lowest BCUT2D eigenvalue weighted by Gasteiger charge is -2.26. The summed E-state index contributed by atoms with van der Waals surface area (Å²) in [5.41, 5.74) is 9.21. The molecule has 0 atom stereocenters. The molecule has 5 heteroatoms. The van der Waals surface area contributed by atoms with Crippen LogP contribution in [-0.2, 0) is 0 Å². The van der Waals surface area contributed by atoms with Crippen molar-refractivity contribution in [2.24, 2.45) is 10.7 Å². The molecule has 2 aliphatic rings. The van der Waals surface area contributed by atoms with Gasteiger partial charge in [0, 0.05) is 6.20 Å². The molecule has 0 aliphatic carbocycles. The number of hydrogen-bond acceptors (Lipinski definition) is 5. The van der Waals surface area contributed by atoms with Gasteiger partial charge in [0.2, 0.25) is 0 Å². The fourth-order valence-corrected chi connectivity index (χ4v) is 1.89. The number of aliphatic imine (C=N–C) groups is 1. The van der Waals surface area contributed by atoms with Crippen molar-refractivity contribution in [2.75, 3.05) is 0 Å². The third-order valence-corrected chi connectivity index (χ3v) is 2.75. The van der Waals surface area contributed by atoms with Crippen molar-refractivity contribution < 1.29 is 0 Å². The van der Waals surface area contributed by atoms with Gasteiger partial charge in [0.25, 0.3) is 0 Å². The van der Waals surface area contributed by atoms with E-state index < -0.39 is 0 Å². The molecule has 2 aliphatic heterocycles. The predicted octanol–water partition coefficient (Wildman–Crippen LogP) is 0.778. The van der Waals surface area contributed by atoms with E-state index in [4.69, 9.17) is 5.73 Å². The predicted molar refractivity (Wildman–Crippen MR) is 71.6 cm³/mol. The van der Waals surface area contributed by atoms with Crippen LogP contribution in [0.1, 0.15) is 5.56 Å². The summed E-state index contributed by atoms with van der Waals surface area (Å²) in [6.07, 6.45) is 1.89. The lowest BCUT2D eigenvalue weighted by Crippen LogP contribution is -2.40. The van der Waals surface area contributed by atoms with Crippen LogP contribution >= 0.6 is 0 Å². The Morgan fingerprint density at radius 3 is 2.67 bits per heavy atom. The average Bonchev–Trinajstić information content (AvgIpc) is 2.39. The highest BCUT2D eigenvalue weighted by Gasteiger charge is 2.20. The van der Waals surface area contributed by atoms with Gasteiger partial charge in [-0.05, 0) is 5.56 Å². The first-order valence-electron chi connectivity index (χ1n) is 5.58. The average molecular weight is 239 g/mol.